The highest BCUT2D eigenvalue weighted by atomic mass is 16.5. The smallest absolute Gasteiger partial charge is 0.337 e. The van der Waals surface area contributed by atoms with Crippen molar-refractivity contribution in [1.82, 2.24) is 4.90 Å². The fourth-order valence-corrected chi connectivity index (χ4v) is 3.72. The van der Waals surface area contributed by atoms with E-state index in [2.05, 4.69) is 68.2 Å². The maximum atomic E-state index is 12.4. The summed E-state index contributed by atoms with van der Waals surface area (Å²) in [5, 5.41) is 9.76. The molecule has 1 N–H and O–H groups in total. The van der Waals surface area contributed by atoms with Crippen LogP contribution in [0.4, 0.5) is 0 Å². The highest BCUT2D eigenvalue weighted by Gasteiger charge is 2.18. The molecule has 0 aromatic heterocycles. The van der Waals surface area contributed by atoms with Gasteiger partial charge < -0.3 is 14.7 Å². The average Bonchev–Trinajstić information content (AvgIpc) is 2.85. The molecule has 0 aliphatic heterocycles. The second kappa shape index (κ2) is 16.7. The number of hydrogen-bond acceptors (Lipinski definition) is 4. The maximum Gasteiger partial charge on any atom is 0.337 e. The van der Waals surface area contributed by atoms with Crippen molar-refractivity contribution in [3.63, 3.8) is 0 Å². The zero-order valence-electron chi connectivity index (χ0n) is 21.9. The number of carbonyl (C=O) groups excluding carboxylic acids is 1. The Bertz CT molecular complexity index is 901. The SMILES string of the molecule is C\C=C/C(=C\C(=C\CCC)C(=C/CC)\N(CCc1ccc(C)cc1)/C(=C\C)CCO)C(=O)OC. The van der Waals surface area contributed by atoms with Crippen molar-refractivity contribution >= 4 is 5.97 Å². The second-order valence-electron chi connectivity index (χ2n) is 8.18. The van der Waals surface area contributed by atoms with E-state index < -0.39 is 0 Å². The molecule has 0 amide bonds. The lowest BCUT2D eigenvalue weighted by Crippen LogP contribution is -2.27. The first-order chi connectivity index (χ1) is 16.4. The number of methoxy groups -OCH3 is 1. The van der Waals surface area contributed by atoms with Crippen LogP contribution in [0.1, 0.15) is 64.5 Å². The second-order valence-corrected chi connectivity index (χ2v) is 8.18. The van der Waals surface area contributed by atoms with E-state index in [0.29, 0.717) is 12.0 Å². The Hall–Kier alpha value is -2.85. The Labute approximate surface area is 207 Å². The average molecular weight is 466 g/mol. The number of carbonyl (C=O) groups is 1. The summed E-state index contributed by atoms with van der Waals surface area (Å²) in [5.74, 6) is -0.357. The Balaban J connectivity index is 3.57. The zero-order chi connectivity index (χ0) is 25.3. The molecule has 34 heavy (non-hydrogen) atoms. The first-order valence-corrected chi connectivity index (χ1v) is 12.4. The van der Waals surface area contributed by atoms with Gasteiger partial charge in [-0.2, -0.15) is 0 Å². The number of aliphatic hydroxyl groups excluding tert-OH is 1. The third-order valence-corrected chi connectivity index (χ3v) is 5.51. The number of hydrogen-bond donors (Lipinski definition) is 1. The van der Waals surface area contributed by atoms with Crippen LogP contribution in [0.5, 0.6) is 0 Å². The Kier molecular flexibility index (Phi) is 14.3. The van der Waals surface area contributed by atoms with Gasteiger partial charge in [0, 0.05) is 31.0 Å². The van der Waals surface area contributed by atoms with Gasteiger partial charge in [-0.05, 0) is 57.2 Å². The molecular weight excluding hydrogens is 422 g/mol. The van der Waals surface area contributed by atoms with Crippen molar-refractivity contribution < 1.29 is 14.6 Å². The lowest BCUT2D eigenvalue weighted by atomic mass is 10.0. The number of benzene rings is 1. The molecule has 0 aliphatic rings. The van der Waals surface area contributed by atoms with Crippen molar-refractivity contribution in [2.75, 3.05) is 20.3 Å². The summed E-state index contributed by atoms with van der Waals surface area (Å²) >= 11 is 0. The van der Waals surface area contributed by atoms with Gasteiger partial charge in [-0.25, -0.2) is 4.79 Å². The lowest BCUT2D eigenvalue weighted by molar-refractivity contribution is -0.135. The third-order valence-electron chi connectivity index (χ3n) is 5.51. The van der Waals surface area contributed by atoms with E-state index in [1.54, 1.807) is 6.08 Å². The number of esters is 1. The van der Waals surface area contributed by atoms with Crippen molar-refractivity contribution in [1.29, 1.82) is 0 Å². The van der Waals surface area contributed by atoms with Crippen LogP contribution in [0.25, 0.3) is 0 Å². The monoisotopic (exact) mass is 465 g/mol. The van der Waals surface area contributed by atoms with Crippen molar-refractivity contribution in [2.24, 2.45) is 0 Å². The van der Waals surface area contributed by atoms with E-state index in [1.165, 1.54) is 18.2 Å². The van der Waals surface area contributed by atoms with Crippen molar-refractivity contribution in [2.45, 2.75) is 66.7 Å². The molecule has 186 valence electrons. The van der Waals surface area contributed by atoms with E-state index in [4.69, 9.17) is 4.74 Å². The van der Waals surface area contributed by atoms with E-state index in [0.717, 1.165) is 49.2 Å². The molecule has 4 nitrogen and oxygen atoms in total. The Morgan fingerprint density at radius 3 is 2.32 bits per heavy atom. The van der Waals surface area contributed by atoms with Gasteiger partial charge in [0.2, 0.25) is 0 Å². The lowest BCUT2D eigenvalue weighted by Gasteiger charge is -2.31. The van der Waals surface area contributed by atoms with Crippen LogP contribution < -0.4 is 0 Å². The normalized spacial score (nSPS) is 13.5. The number of rotatable bonds is 14. The third kappa shape index (κ3) is 9.56. The van der Waals surface area contributed by atoms with Gasteiger partial charge in [0.1, 0.15) is 0 Å². The predicted molar refractivity (Wildman–Crippen MR) is 143 cm³/mol. The van der Waals surface area contributed by atoms with Gasteiger partial charge in [-0.1, -0.05) is 80.5 Å². The van der Waals surface area contributed by atoms with Crippen LogP contribution in [0.15, 0.2) is 83.3 Å². The molecule has 1 rings (SSSR count). The summed E-state index contributed by atoms with van der Waals surface area (Å²) < 4.78 is 5.03. The number of allylic oxidation sites excluding steroid dienone is 5. The fourth-order valence-electron chi connectivity index (χ4n) is 3.72. The van der Waals surface area contributed by atoms with Crippen LogP contribution in [-0.2, 0) is 16.0 Å². The number of unbranched alkanes of at least 4 members (excludes halogenated alkanes) is 1. The van der Waals surface area contributed by atoms with E-state index in [1.807, 2.05) is 26.0 Å². The summed E-state index contributed by atoms with van der Waals surface area (Å²) in [6.07, 6.45) is 16.2. The highest BCUT2D eigenvalue weighted by Crippen LogP contribution is 2.27. The highest BCUT2D eigenvalue weighted by molar-refractivity contribution is 5.92. The molecule has 0 atom stereocenters. The molecule has 1 aromatic rings. The number of ether oxygens (including phenoxy) is 1. The zero-order valence-corrected chi connectivity index (χ0v) is 21.9. The maximum absolute atomic E-state index is 12.4. The van der Waals surface area contributed by atoms with E-state index in [9.17, 15) is 9.90 Å². The molecule has 0 aliphatic carbocycles. The molecule has 0 heterocycles. The molecular formula is C30H43NO3. The van der Waals surface area contributed by atoms with Crippen LogP contribution >= 0.6 is 0 Å². The van der Waals surface area contributed by atoms with Crippen molar-refractivity contribution in [3.05, 3.63) is 94.4 Å². The number of aliphatic hydroxyl groups is 1. The Morgan fingerprint density at radius 1 is 1.09 bits per heavy atom. The van der Waals surface area contributed by atoms with Gasteiger partial charge in [0.15, 0.2) is 0 Å². The molecule has 0 saturated carbocycles. The van der Waals surface area contributed by atoms with Gasteiger partial charge in [0.05, 0.1) is 12.7 Å². The summed E-state index contributed by atoms with van der Waals surface area (Å²) in [4.78, 5) is 14.7. The largest absolute Gasteiger partial charge is 0.465 e. The molecule has 0 fully saturated rings. The van der Waals surface area contributed by atoms with Gasteiger partial charge in [0.25, 0.3) is 0 Å². The molecule has 4 heteroatoms. The van der Waals surface area contributed by atoms with E-state index in [-0.39, 0.29) is 12.6 Å². The summed E-state index contributed by atoms with van der Waals surface area (Å²) in [7, 11) is 1.41. The van der Waals surface area contributed by atoms with Gasteiger partial charge in [-0.15, -0.1) is 0 Å². The minimum absolute atomic E-state index is 0.0793. The first kappa shape index (κ1) is 29.2. The standard InChI is InChI=1S/C30H43NO3/c1-7-11-14-26(23-27(12-8-2)30(33)34-6)29(13-9-3)31(28(10-4)20-22-32)21-19-25-17-15-24(5)16-18-25/h8,10,12-18,23,32H,7,9,11,19-22H2,1-6H3/b12-8-,26-14-,27-23+,28-10-,29-13+. The molecule has 0 radical (unpaired) electrons. The van der Waals surface area contributed by atoms with Crippen LogP contribution in [0, 0.1) is 6.92 Å². The molecule has 0 saturated heterocycles. The topological polar surface area (TPSA) is 49.8 Å². The predicted octanol–water partition coefficient (Wildman–Crippen LogP) is 6.82. The Morgan fingerprint density at radius 2 is 1.79 bits per heavy atom. The fraction of sp³-hybridized carbons (Fsp3) is 0.433. The minimum Gasteiger partial charge on any atom is -0.465 e. The first-order valence-electron chi connectivity index (χ1n) is 12.4. The van der Waals surface area contributed by atoms with Crippen LogP contribution in [0.3, 0.4) is 0 Å². The quantitative estimate of drug-likeness (QED) is 0.186. The summed E-state index contributed by atoms with van der Waals surface area (Å²) in [6.45, 7) is 11.1. The molecule has 0 bridgehead atoms. The number of nitrogens with zero attached hydrogens (tertiary/aromatic N) is 1. The molecule has 1 aromatic carbocycles. The van der Waals surface area contributed by atoms with E-state index >= 15 is 0 Å². The summed E-state index contributed by atoms with van der Waals surface area (Å²) in [5.41, 5.74) is 6.13. The summed E-state index contributed by atoms with van der Waals surface area (Å²) in [6, 6.07) is 8.63. The van der Waals surface area contributed by atoms with Crippen LogP contribution in [0.2, 0.25) is 0 Å². The molecule has 0 spiro atoms. The number of aryl methyl sites for hydroxylation is 1. The van der Waals surface area contributed by atoms with Gasteiger partial charge in [-0.3, -0.25) is 0 Å². The van der Waals surface area contributed by atoms with Crippen LogP contribution in [-0.4, -0.2) is 36.2 Å². The molecule has 0 unspecified atom stereocenters. The van der Waals surface area contributed by atoms with Crippen molar-refractivity contribution in [3.8, 4) is 0 Å². The van der Waals surface area contributed by atoms with Gasteiger partial charge >= 0.3 is 5.97 Å². The minimum atomic E-state index is -0.357.